The van der Waals surface area contributed by atoms with Gasteiger partial charge in [-0.1, -0.05) is 25.3 Å². The maximum Gasteiger partial charge on any atom is 0.338 e. The second-order valence-electron chi connectivity index (χ2n) is 6.18. The molecule has 1 aliphatic rings. The smallest absolute Gasteiger partial charge is 0.338 e. The van der Waals surface area contributed by atoms with Crippen LogP contribution in [0.25, 0.3) is 0 Å². The largest absolute Gasteiger partial charge is 0.452 e. The summed E-state index contributed by atoms with van der Waals surface area (Å²) in [5.41, 5.74) is 0.459. The van der Waals surface area contributed by atoms with E-state index in [9.17, 15) is 18.0 Å². The molecule has 1 aliphatic heterocycles. The molecule has 1 saturated heterocycles. The van der Waals surface area contributed by atoms with Crippen LogP contribution in [-0.4, -0.2) is 51.1 Å². The molecule has 7 nitrogen and oxygen atoms in total. The van der Waals surface area contributed by atoms with Crippen molar-refractivity contribution in [3.8, 4) is 0 Å². The Morgan fingerprint density at radius 1 is 1.12 bits per heavy atom. The summed E-state index contributed by atoms with van der Waals surface area (Å²) in [6, 6.07) is 5.97. The summed E-state index contributed by atoms with van der Waals surface area (Å²) in [5.74, 6) is -0.849. The number of nitrogens with one attached hydrogen (secondary N) is 1. The minimum atomic E-state index is -3.43. The van der Waals surface area contributed by atoms with Gasteiger partial charge in [-0.15, -0.1) is 0 Å². The van der Waals surface area contributed by atoms with E-state index in [0.29, 0.717) is 13.1 Å². The Balaban J connectivity index is 1.91. The van der Waals surface area contributed by atoms with Crippen LogP contribution in [0, 0.1) is 0 Å². The molecule has 1 aromatic rings. The predicted molar refractivity (Wildman–Crippen MR) is 94.9 cm³/mol. The van der Waals surface area contributed by atoms with Crippen LogP contribution in [-0.2, 0) is 19.6 Å². The van der Waals surface area contributed by atoms with Gasteiger partial charge in [-0.2, -0.15) is 0 Å². The van der Waals surface area contributed by atoms with Crippen LogP contribution in [0.15, 0.2) is 24.3 Å². The summed E-state index contributed by atoms with van der Waals surface area (Å²) >= 11 is 0. The standard InChI is InChI=1S/C17H24N2O5S/c1-25(22,23)18-15-9-7-8-14(12-15)17(21)24-13-16(20)19-10-5-3-2-4-6-11-19/h7-9,12,18H,2-6,10-11,13H2,1H3. The van der Waals surface area contributed by atoms with Crippen LogP contribution in [0.4, 0.5) is 5.69 Å². The fourth-order valence-electron chi connectivity index (χ4n) is 2.72. The van der Waals surface area contributed by atoms with Crippen LogP contribution < -0.4 is 4.72 Å². The lowest BCUT2D eigenvalue weighted by Crippen LogP contribution is -2.36. The number of nitrogens with zero attached hydrogens (tertiary/aromatic N) is 1. The summed E-state index contributed by atoms with van der Waals surface area (Å²) in [4.78, 5) is 26.1. The number of carbonyl (C=O) groups excluding carboxylic acids is 2. The van der Waals surface area contributed by atoms with Gasteiger partial charge in [0, 0.05) is 18.8 Å². The molecule has 2 rings (SSSR count). The second kappa shape index (κ2) is 8.84. The Morgan fingerprint density at radius 3 is 2.40 bits per heavy atom. The quantitative estimate of drug-likeness (QED) is 0.803. The minimum Gasteiger partial charge on any atom is -0.452 e. The zero-order chi connectivity index (χ0) is 18.3. The van der Waals surface area contributed by atoms with Crippen LogP contribution in [0.2, 0.25) is 0 Å². The van der Waals surface area contributed by atoms with E-state index >= 15 is 0 Å². The number of esters is 1. The van der Waals surface area contributed by atoms with Gasteiger partial charge in [-0.25, -0.2) is 13.2 Å². The maximum absolute atomic E-state index is 12.2. The number of carbonyl (C=O) groups is 2. The van der Waals surface area contributed by atoms with E-state index < -0.39 is 16.0 Å². The van der Waals surface area contributed by atoms with Crippen molar-refractivity contribution in [2.45, 2.75) is 32.1 Å². The van der Waals surface area contributed by atoms with E-state index in [1.54, 1.807) is 11.0 Å². The average molecular weight is 368 g/mol. The summed E-state index contributed by atoms with van der Waals surface area (Å²) < 4.78 is 29.9. The third kappa shape index (κ3) is 6.74. The van der Waals surface area contributed by atoms with Gasteiger partial charge in [0.15, 0.2) is 6.61 Å². The van der Waals surface area contributed by atoms with Gasteiger partial charge >= 0.3 is 5.97 Å². The fourth-order valence-corrected chi connectivity index (χ4v) is 3.28. The Labute approximate surface area is 148 Å². The highest BCUT2D eigenvalue weighted by molar-refractivity contribution is 7.92. The van der Waals surface area contributed by atoms with Gasteiger partial charge in [-0.05, 0) is 31.0 Å². The van der Waals surface area contributed by atoms with Crippen LogP contribution in [0.3, 0.4) is 0 Å². The van der Waals surface area contributed by atoms with Gasteiger partial charge in [0.05, 0.1) is 11.8 Å². The zero-order valence-electron chi connectivity index (χ0n) is 14.4. The number of sulfonamides is 1. The van der Waals surface area contributed by atoms with E-state index in [1.165, 1.54) is 24.6 Å². The van der Waals surface area contributed by atoms with Gasteiger partial charge < -0.3 is 9.64 Å². The molecule has 1 fully saturated rings. The zero-order valence-corrected chi connectivity index (χ0v) is 15.2. The van der Waals surface area contributed by atoms with Gasteiger partial charge in [-0.3, -0.25) is 9.52 Å². The summed E-state index contributed by atoms with van der Waals surface area (Å²) in [6.45, 7) is 1.09. The monoisotopic (exact) mass is 368 g/mol. The van der Waals surface area contributed by atoms with Crippen molar-refractivity contribution in [1.29, 1.82) is 0 Å². The van der Waals surface area contributed by atoms with E-state index in [2.05, 4.69) is 4.72 Å². The first-order valence-corrected chi connectivity index (χ1v) is 10.3. The number of hydrogen-bond donors (Lipinski definition) is 1. The predicted octanol–water partition coefficient (Wildman–Crippen LogP) is 2.01. The van der Waals surface area contributed by atoms with E-state index in [4.69, 9.17) is 4.74 Å². The van der Waals surface area contributed by atoms with Crippen molar-refractivity contribution in [2.24, 2.45) is 0 Å². The normalized spacial score (nSPS) is 15.8. The molecule has 0 unspecified atom stereocenters. The number of anilines is 1. The van der Waals surface area contributed by atoms with E-state index in [1.807, 2.05) is 0 Å². The van der Waals surface area contributed by atoms with Crippen molar-refractivity contribution in [3.05, 3.63) is 29.8 Å². The van der Waals surface area contributed by atoms with Gasteiger partial charge in [0.25, 0.3) is 5.91 Å². The molecule has 0 atom stereocenters. The lowest BCUT2D eigenvalue weighted by molar-refractivity contribution is -0.134. The number of benzene rings is 1. The average Bonchev–Trinajstić information content (AvgIpc) is 2.50. The van der Waals surface area contributed by atoms with Crippen LogP contribution in [0.1, 0.15) is 42.5 Å². The number of hydrogen-bond acceptors (Lipinski definition) is 5. The van der Waals surface area contributed by atoms with E-state index in [-0.39, 0.29) is 23.8 Å². The molecule has 1 aromatic carbocycles. The SMILES string of the molecule is CS(=O)(=O)Nc1cccc(C(=O)OCC(=O)N2CCCCCCC2)c1. The fraction of sp³-hybridized carbons (Fsp3) is 0.529. The molecular weight excluding hydrogens is 344 g/mol. The number of ether oxygens (including phenoxy) is 1. The van der Waals surface area contributed by atoms with Crippen LogP contribution >= 0.6 is 0 Å². The highest BCUT2D eigenvalue weighted by Gasteiger charge is 2.17. The molecule has 0 aliphatic carbocycles. The number of rotatable bonds is 5. The van der Waals surface area contributed by atoms with Crippen LogP contribution in [0.5, 0.6) is 0 Å². The first-order valence-electron chi connectivity index (χ1n) is 8.38. The molecule has 25 heavy (non-hydrogen) atoms. The molecule has 1 amide bonds. The highest BCUT2D eigenvalue weighted by atomic mass is 32.2. The molecule has 1 N–H and O–H groups in total. The molecular formula is C17H24N2O5S. The highest BCUT2D eigenvalue weighted by Crippen LogP contribution is 2.14. The first kappa shape index (κ1) is 19.2. The van der Waals surface area contributed by atoms with Crippen molar-refractivity contribution >= 4 is 27.6 Å². The van der Waals surface area contributed by atoms with Crippen molar-refractivity contribution in [3.63, 3.8) is 0 Å². The Morgan fingerprint density at radius 2 is 1.76 bits per heavy atom. The minimum absolute atomic E-state index is 0.189. The third-order valence-corrected chi connectivity index (χ3v) is 4.54. The molecule has 0 radical (unpaired) electrons. The number of amides is 1. The first-order chi connectivity index (χ1) is 11.8. The topological polar surface area (TPSA) is 92.8 Å². The van der Waals surface area contributed by atoms with E-state index in [0.717, 1.165) is 31.9 Å². The summed E-state index contributed by atoms with van der Waals surface area (Å²) in [5, 5.41) is 0. The molecule has 8 heteroatoms. The van der Waals surface area contributed by atoms with Crippen molar-refractivity contribution in [1.82, 2.24) is 4.90 Å². The summed E-state index contributed by atoms with van der Waals surface area (Å²) in [7, 11) is -3.43. The lowest BCUT2D eigenvalue weighted by atomic mass is 10.1. The number of likely N-dealkylation sites (tertiary alicyclic amines) is 1. The van der Waals surface area contributed by atoms with Gasteiger partial charge in [0.2, 0.25) is 10.0 Å². The lowest BCUT2D eigenvalue weighted by Gasteiger charge is -2.24. The molecule has 0 aromatic heterocycles. The Bertz CT molecular complexity index is 710. The third-order valence-electron chi connectivity index (χ3n) is 3.94. The Hall–Kier alpha value is -2.09. The van der Waals surface area contributed by atoms with Crippen molar-refractivity contribution in [2.75, 3.05) is 30.7 Å². The van der Waals surface area contributed by atoms with Gasteiger partial charge in [0.1, 0.15) is 0 Å². The summed E-state index contributed by atoms with van der Waals surface area (Å²) in [6.07, 6.45) is 6.40. The molecule has 138 valence electrons. The maximum atomic E-state index is 12.2. The molecule has 0 saturated carbocycles. The van der Waals surface area contributed by atoms with Crippen molar-refractivity contribution < 1.29 is 22.7 Å². The Kier molecular flexibility index (Phi) is 6.81. The molecule has 1 heterocycles. The molecule has 0 bridgehead atoms. The second-order valence-corrected chi connectivity index (χ2v) is 7.93. The molecule has 0 spiro atoms.